The molecule has 1 radical (unpaired) electrons. The highest BCUT2D eigenvalue weighted by atomic mass is 28.3. The number of hydrogen-bond donors (Lipinski definition) is 0. The van der Waals surface area contributed by atoms with Crippen LogP contribution in [0.4, 0.5) is 0 Å². The van der Waals surface area contributed by atoms with Crippen LogP contribution in [0, 0.1) is 12.3 Å². The van der Waals surface area contributed by atoms with E-state index in [1.54, 1.807) is 0 Å². The first kappa shape index (κ1) is 14.8. The molecule has 0 heterocycles. The Kier molecular flexibility index (Phi) is 4.32. The fraction of sp³-hybridized carbons (Fsp3) is 0.222. The Hall–Kier alpha value is -1.57. The van der Waals surface area contributed by atoms with Gasteiger partial charge in [-0.2, -0.15) is 0 Å². The van der Waals surface area contributed by atoms with E-state index in [-0.39, 0.29) is 8.80 Å². The van der Waals surface area contributed by atoms with Gasteiger partial charge in [-0.25, -0.2) is 0 Å². The summed E-state index contributed by atoms with van der Waals surface area (Å²) in [6, 6.07) is 17.8. The van der Waals surface area contributed by atoms with Crippen LogP contribution in [-0.4, -0.2) is 16.9 Å². The third kappa shape index (κ3) is 2.95. The summed E-state index contributed by atoms with van der Waals surface area (Å²) in [7, 11) is -1.96. The van der Waals surface area contributed by atoms with Crippen molar-refractivity contribution in [2.45, 2.75) is 26.2 Å². The van der Waals surface area contributed by atoms with Crippen molar-refractivity contribution < 1.29 is 0 Å². The lowest BCUT2D eigenvalue weighted by atomic mass is 10.2. The van der Waals surface area contributed by atoms with Crippen molar-refractivity contribution in [3.8, 4) is 12.3 Å². The Morgan fingerprint density at radius 1 is 0.850 bits per heavy atom. The molecule has 2 heteroatoms. The maximum Gasteiger partial charge on any atom is 0.112 e. The molecule has 0 bridgehead atoms. The molecule has 0 saturated heterocycles. The maximum atomic E-state index is 5.43. The van der Waals surface area contributed by atoms with E-state index in [9.17, 15) is 0 Å². The maximum absolute atomic E-state index is 5.43. The Morgan fingerprint density at radius 3 is 1.70 bits per heavy atom. The second-order valence-electron chi connectivity index (χ2n) is 5.92. The van der Waals surface area contributed by atoms with Gasteiger partial charge in [-0.1, -0.05) is 84.1 Å². The van der Waals surface area contributed by atoms with Gasteiger partial charge in [0.2, 0.25) is 0 Å². The molecule has 0 saturated carbocycles. The smallest absolute Gasteiger partial charge is 0.112 e. The highest BCUT2D eigenvalue weighted by Gasteiger charge is 2.25. The predicted molar refractivity (Wildman–Crippen MR) is 94.7 cm³/mol. The van der Waals surface area contributed by atoms with Gasteiger partial charge in [-0.15, -0.1) is 6.42 Å². The van der Waals surface area contributed by atoms with Crippen LogP contribution in [0.2, 0.25) is 26.2 Å². The lowest BCUT2D eigenvalue weighted by Gasteiger charge is -2.24. The van der Waals surface area contributed by atoms with Crippen LogP contribution in [-0.2, 0) is 0 Å². The topological polar surface area (TPSA) is 0 Å². The van der Waals surface area contributed by atoms with Gasteiger partial charge in [-0.3, -0.25) is 0 Å². The average Bonchev–Trinajstić information content (AvgIpc) is 2.47. The highest BCUT2D eigenvalue weighted by molar-refractivity contribution is 7.00. The molecule has 0 nitrogen and oxygen atoms in total. The molecule has 0 spiro atoms. The molecule has 20 heavy (non-hydrogen) atoms. The second kappa shape index (κ2) is 5.82. The van der Waals surface area contributed by atoms with Gasteiger partial charge >= 0.3 is 0 Å². The van der Waals surface area contributed by atoms with Gasteiger partial charge in [0.15, 0.2) is 0 Å². The van der Waals surface area contributed by atoms with E-state index in [2.05, 4.69) is 80.6 Å². The Morgan fingerprint density at radius 2 is 1.30 bits per heavy atom. The molecule has 0 aliphatic rings. The minimum Gasteiger partial charge on any atom is -0.115 e. The van der Waals surface area contributed by atoms with Crippen LogP contribution in [0.5, 0.6) is 0 Å². The molecule has 0 atom stereocenters. The standard InChI is InChI=1S/C18H21Si2/c1-6-15-7-11-17(12-8-15)20(4,5)18-13-9-16(10-14-18)19(2)3/h1,7-14H,2-5H3. The number of rotatable bonds is 3. The SMILES string of the molecule is C#Cc1ccc([Si](C)(C)c2ccc([Si](C)C)cc2)cc1. The van der Waals surface area contributed by atoms with Crippen molar-refractivity contribution in [3.63, 3.8) is 0 Å². The summed E-state index contributed by atoms with van der Waals surface area (Å²) in [6.45, 7) is 9.47. The first-order chi connectivity index (χ1) is 9.45. The quantitative estimate of drug-likeness (QED) is 0.602. The normalized spacial score (nSPS) is 11.4. The number of benzene rings is 2. The first-order valence-corrected chi connectivity index (χ1v) is 12.4. The summed E-state index contributed by atoms with van der Waals surface area (Å²) in [4.78, 5) is 0. The van der Waals surface area contributed by atoms with Crippen molar-refractivity contribution in [3.05, 3.63) is 54.1 Å². The molecule has 2 aromatic rings. The first-order valence-electron chi connectivity index (χ1n) is 6.93. The largest absolute Gasteiger partial charge is 0.115 e. The van der Waals surface area contributed by atoms with E-state index >= 15 is 0 Å². The van der Waals surface area contributed by atoms with Crippen LogP contribution < -0.4 is 15.6 Å². The van der Waals surface area contributed by atoms with Gasteiger partial charge in [0, 0.05) is 5.56 Å². The molecule has 2 rings (SSSR count). The lowest BCUT2D eigenvalue weighted by Crippen LogP contribution is -2.53. The summed E-state index contributed by atoms with van der Waals surface area (Å²) < 4.78 is 0. The molecular formula is C18H21Si2. The highest BCUT2D eigenvalue weighted by Crippen LogP contribution is 2.06. The third-order valence-electron chi connectivity index (χ3n) is 3.96. The van der Waals surface area contributed by atoms with Crippen LogP contribution in [0.15, 0.2) is 48.5 Å². The summed E-state index contributed by atoms with van der Waals surface area (Å²) in [6.07, 6.45) is 5.43. The summed E-state index contributed by atoms with van der Waals surface area (Å²) >= 11 is 0. The van der Waals surface area contributed by atoms with Gasteiger partial charge in [-0.05, 0) is 12.1 Å². The Labute approximate surface area is 125 Å². The van der Waals surface area contributed by atoms with Gasteiger partial charge in [0.05, 0.1) is 8.80 Å². The van der Waals surface area contributed by atoms with E-state index in [0.29, 0.717) is 0 Å². The van der Waals surface area contributed by atoms with Crippen LogP contribution in [0.3, 0.4) is 0 Å². The molecule has 0 aliphatic heterocycles. The second-order valence-corrected chi connectivity index (χ2v) is 12.9. The molecule has 0 N–H and O–H groups in total. The van der Waals surface area contributed by atoms with E-state index in [4.69, 9.17) is 6.42 Å². The molecule has 0 aliphatic carbocycles. The summed E-state index contributed by atoms with van der Waals surface area (Å²) in [5.41, 5.74) is 0.957. The third-order valence-corrected chi connectivity index (χ3v) is 9.00. The fourth-order valence-electron chi connectivity index (χ4n) is 2.37. The van der Waals surface area contributed by atoms with E-state index in [1.165, 1.54) is 15.6 Å². The molecule has 0 unspecified atom stereocenters. The molecular weight excluding hydrogens is 272 g/mol. The molecule has 0 fully saturated rings. The monoisotopic (exact) mass is 293 g/mol. The van der Waals surface area contributed by atoms with Gasteiger partial charge in [0.1, 0.15) is 8.07 Å². The van der Waals surface area contributed by atoms with Crippen LogP contribution >= 0.6 is 0 Å². The number of terminal acetylenes is 1. The van der Waals surface area contributed by atoms with E-state index in [1.807, 2.05) is 0 Å². The molecule has 2 aromatic carbocycles. The van der Waals surface area contributed by atoms with Crippen molar-refractivity contribution in [1.82, 2.24) is 0 Å². The van der Waals surface area contributed by atoms with Crippen LogP contribution in [0.1, 0.15) is 5.56 Å². The Balaban J connectivity index is 2.35. The zero-order chi connectivity index (χ0) is 14.8. The minimum atomic E-state index is -1.61. The fourth-order valence-corrected chi connectivity index (χ4v) is 5.54. The predicted octanol–water partition coefficient (Wildman–Crippen LogP) is 2.45. The lowest BCUT2D eigenvalue weighted by molar-refractivity contribution is 1.64. The molecule has 0 amide bonds. The number of hydrogen-bond acceptors (Lipinski definition) is 0. The van der Waals surface area contributed by atoms with Crippen molar-refractivity contribution >= 4 is 32.4 Å². The zero-order valence-electron chi connectivity index (χ0n) is 12.7. The Bertz CT molecular complexity index is 614. The van der Waals surface area contributed by atoms with Gasteiger partial charge < -0.3 is 0 Å². The van der Waals surface area contributed by atoms with E-state index < -0.39 is 8.07 Å². The molecule has 0 aromatic heterocycles. The minimum absolute atomic E-state index is 0.353. The van der Waals surface area contributed by atoms with Crippen molar-refractivity contribution in [1.29, 1.82) is 0 Å². The van der Waals surface area contributed by atoms with E-state index in [0.717, 1.165) is 5.56 Å². The molecule has 101 valence electrons. The zero-order valence-corrected chi connectivity index (χ0v) is 14.7. The van der Waals surface area contributed by atoms with Gasteiger partial charge in [0.25, 0.3) is 0 Å². The van der Waals surface area contributed by atoms with Crippen molar-refractivity contribution in [2.24, 2.45) is 0 Å². The van der Waals surface area contributed by atoms with Crippen molar-refractivity contribution in [2.75, 3.05) is 0 Å². The summed E-state index contributed by atoms with van der Waals surface area (Å²) in [5, 5.41) is 4.42. The average molecular weight is 294 g/mol. The van der Waals surface area contributed by atoms with Crippen LogP contribution in [0.25, 0.3) is 0 Å². The summed E-state index contributed by atoms with van der Waals surface area (Å²) in [5.74, 6) is 2.68.